The van der Waals surface area contributed by atoms with Crippen LogP contribution in [0.2, 0.25) is 0 Å². The fraction of sp³-hybridized carbons (Fsp3) is 0.524. The van der Waals surface area contributed by atoms with Crippen LogP contribution in [0.4, 0.5) is 4.39 Å². The zero-order chi connectivity index (χ0) is 20.8. The van der Waals surface area contributed by atoms with Crippen molar-refractivity contribution < 1.29 is 17.6 Å². The molecule has 1 saturated heterocycles. The number of fused-ring (bicyclic) bond motifs is 1. The first kappa shape index (κ1) is 20.1. The highest BCUT2D eigenvalue weighted by Gasteiger charge is 2.42. The topological polar surface area (TPSA) is 70.0 Å². The number of carbonyl (C=O) groups excluding carboxylic acids is 1. The van der Waals surface area contributed by atoms with E-state index in [0.717, 1.165) is 30.0 Å². The molecule has 8 heteroatoms. The number of amides is 1. The van der Waals surface area contributed by atoms with Crippen LogP contribution in [-0.4, -0.2) is 48.9 Å². The second-order valence-corrected chi connectivity index (χ2v) is 9.86. The van der Waals surface area contributed by atoms with E-state index >= 15 is 0 Å². The van der Waals surface area contributed by atoms with E-state index in [1.807, 2.05) is 4.90 Å². The molecule has 0 unspecified atom stereocenters. The van der Waals surface area contributed by atoms with Crippen LogP contribution in [0, 0.1) is 17.7 Å². The molecule has 1 amide bonds. The van der Waals surface area contributed by atoms with Gasteiger partial charge in [-0.15, -0.1) is 4.40 Å². The standard InChI is InChI=1S/C21H26FN3O3S/c1-14-11-12-25(19-6-4-3-5-17(14)19)21(26)20-13-18(23-29(27,28)24(20)2)15-7-9-16(22)10-8-15/h7-10,13-14,17,19H,3-6,11-12H2,1-2H3/t14-,17+,19-/m0/s1. The average Bonchev–Trinajstić information content (AvgIpc) is 2.70. The second kappa shape index (κ2) is 7.55. The molecule has 3 atom stereocenters. The van der Waals surface area contributed by atoms with E-state index in [2.05, 4.69) is 11.3 Å². The predicted molar refractivity (Wildman–Crippen MR) is 109 cm³/mol. The Balaban J connectivity index is 1.69. The van der Waals surface area contributed by atoms with Crippen molar-refractivity contribution in [2.45, 2.75) is 45.1 Å². The summed E-state index contributed by atoms with van der Waals surface area (Å²) in [6, 6.07) is 5.58. The highest BCUT2D eigenvalue weighted by molar-refractivity contribution is 7.88. The molecule has 1 aliphatic carbocycles. The molecule has 2 fully saturated rings. The molecule has 1 saturated carbocycles. The van der Waals surface area contributed by atoms with E-state index in [1.165, 1.54) is 43.8 Å². The fourth-order valence-electron chi connectivity index (χ4n) is 4.82. The molecule has 0 aromatic heterocycles. The Morgan fingerprint density at radius 2 is 1.83 bits per heavy atom. The van der Waals surface area contributed by atoms with Gasteiger partial charge in [0.25, 0.3) is 5.91 Å². The molecule has 29 heavy (non-hydrogen) atoms. The van der Waals surface area contributed by atoms with Gasteiger partial charge < -0.3 is 4.90 Å². The van der Waals surface area contributed by atoms with Gasteiger partial charge >= 0.3 is 10.2 Å². The Labute approximate surface area is 171 Å². The summed E-state index contributed by atoms with van der Waals surface area (Å²) >= 11 is 0. The largest absolute Gasteiger partial charge is 0.345 e. The summed E-state index contributed by atoms with van der Waals surface area (Å²) in [6.45, 7) is 2.88. The van der Waals surface area contributed by atoms with E-state index in [9.17, 15) is 17.6 Å². The molecule has 2 aliphatic heterocycles. The van der Waals surface area contributed by atoms with Gasteiger partial charge in [-0.05, 0) is 61.4 Å². The molecule has 0 N–H and O–H groups in total. The molecule has 3 aliphatic rings. The SMILES string of the molecule is C[C@H]1CCN(C(=O)C2=CC(c3ccc(F)cc3)=NS(=O)(=O)N2C)[C@H]2CCCC[C@H]12. The van der Waals surface area contributed by atoms with Gasteiger partial charge in [0.15, 0.2) is 0 Å². The van der Waals surface area contributed by atoms with Crippen molar-refractivity contribution in [2.75, 3.05) is 13.6 Å². The van der Waals surface area contributed by atoms with Gasteiger partial charge in [-0.2, -0.15) is 8.42 Å². The summed E-state index contributed by atoms with van der Waals surface area (Å²) in [5.74, 6) is 0.353. The van der Waals surface area contributed by atoms with E-state index in [-0.39, 0.29) is 23.4 Å². The number of benzene rings is 1. The summed E-state index contributed by atoms with van der Waals surface area (Å²) in [5, 5.41) is 0. The van der Waals surface area contributed by atoms with Gasteiger partial charge in [0.05, 0.1) is 5.71 Å². The minimum Gasteiger partial charge on any atom is -0.334 e. The van der Waals surface area contributed by atoms with Crippen molar-refractivity contribution in [1.29, 1.82) is 0 Å². The molecule has 6 nitrogen and oxygen atoms in total. The van der Waals surface area contributed by atoms with Gasteiger partial charge in [-0.3, -0.25) is 4.79 Å². The van der Waals surface area contributed by atoms with E-state index in [0.29, 0.717) is 23.9 Å². The summed E-state index contributed by atoms with van der Waals surface area (Å²) in [6.07, 6.45) is 6.79. The molecule has 4 rings (SSSR count). The van der Waals surface area contributed by atoms with Crippen LogP contribution in [0.1, 0.15) is 44.6 Å². The maximum atomic E-state index is 13.5. The third kappa shape index (κ3) is 3.70. The average molecular weight is 420 g/mol. The number of allylic oxidation sites excluding steroid dienone is 1. The number of carbonyl (C=O) groups is 1. The summed E-state index contributed by atoms with van der Waals surface area (Å²) in [4.78, 5) is 15.4. The molecule has 1 aromatic rings. The fourth-order valence-corrected chi connectivity index (χ4v) is 5.73. The highest BCUT2D eigenvalue weighted by Crippen LogP contribution is 2.39. The maximum absolute atomic E-state index is 13.5. The molecular formula is C21H26FN3O3S. The van der Waals surface area contributed by atoms with Gasteiger partial charge in [-0.1, -0.05) is 19.8 Å². The van der Waals surface area contributed by atoms with Gasteiger partial charge in [0.2, 0.25) is 0 Å². The summed E-state index contributed by atoms with van der Waals surface area (Å²) in [7, 11) is -2.67. The van der Waals surface area contributed by atoms with Crippen LogP contribution in [0.25, 0.3) is 0 Å². The van der Waals surface area contributed by atoms with Crippen LogP contribution in [0.5, 0.6) is 0 Å². The Bertz CT molecular complexity index is 971. The first-order valence-corrected chi connectivity index (χ1v) is 11.5. The summed E-state index contributed by atoms with van der Waals surface area (Å²) in [5.41, 5.74) is 0.700. The van der Waals surface area contributed by atoms with Crippen LogP contribution in [-0.2, 0) is 15.0 Å². The van der Waals surface area contributed by atoms with Gasteiger partial charge in [0, 0.05) is 25.2 Å². The molecule has 0 spiro atoms. The number of hydrogen-bond donors (Lipinski definition) is 0. The quantitative estimate of drug-likeness (QED) is 0.740. The van der Waals surface area contributed by atoms with Crippen molar-refractivity contribution in [3.8, 4) is 0 Å². The van der Waals surface area contributed by atoms with Crippen molar-refractivity contribution in [1.82, 2.24) is 9.21 Å². The lowest BCUT2D eigenvalue weighted by Gasteiger charge is -2.47. The number of hydrogen-bond acceptors (Lipinski definition) is 3. The molecule has 0 bridgehead atoms. The Kier molecular flexibility index (Phi) is 5.23. The number of nitrogens with zero attached hydrogens (tertiary/aromatic N) is 3. The number of rotatable bonds is 2. The van der Waals surface area contributed by atoms with Crippen molar-refractivity contribution in [3.05, 3.63) is 47.4 Å². The number of piperidine rings is 1. The zero-order valence-corrected chi connectivity index (χ0v) is 17.5. The van der Waals surface area contributed by atoms with E-state index in [4.69, 9.17) is 0 Å². The van der Waals surface area contributed by atoms with Crippen LogP contribution >= 0.6 is 0 Å². The zero-order valence-electron chi connectivity index (χ0n) is 16.7. The van der Waals surface area contributed by atoms with E-state index < -0.39 is 16.0 Å². The molecule has 0 radical (unpaired) electrons. The Hall–Kier alpha value is -2.22. The van der Waals surface area contributed by atoms with Crippen LogP contribution in [0.15, 0.2) is 40.4 Å². The third-order valence-corrected chi connectivity index (χ3v) is 7.85. The van der Waals surface area contributed by atoms with Crippen molar-refractivity contribution in [2.24, 2.45) is 16.2 Å². The minimum atomic E-state index is -4.03. The Morgan fingerprint density at radius 3 is 2.55 bits per heavy atom. The lowest BCUT2D eigenvalue weighted by Crippen LogP contribution is -2.54. The lowest BCUT2D eigenvalue weighted by molar-refractivity contribution is -0.135. The monoisotopic (exact) mass is 419 g/mol. The lowest BCUT2D eigenvalue weighted by atomic mass is 9.72. The highest BCUT2D eigenvalue weighted by atomic mass is 32.2. The minimum absolute atomic E-state index is 0.0956. The maximum Gasteiger partial charge on any atom is 0.345 e. The van der Waals surface area contributed by atoms with Crippen LogP contribution in [0.3, 0.4) is 0 Å². The first-order chi connectivity index (χ1) is 13.8. The van der Waals surface area contributed by atoms with Crippen LogP contribution < -0.4 is 0 Å². The second-order valence-electron chi connectivity index (χ2n) is 8.24. The normalized spacial score (nSPS) is 29.0. The van der Waals surface area contributed by atoms with Crippen molar-refractivity contribution in [3.63, 3.8) is 0 Å². The third-order valence-electron chi connectivity index (χ3n) is 6.53. The van der Waals surface area contributed by atoms with E-state index in [1.54, 1.807) is 0 Å². The smallest absolute Gasteiger partial charge is 0.334 e. The Morgan fingerprint density at radius 1 is 1.14 bits per heavy atom. The molecular weight excluding hydrogens is 393 g/mol. The molecule has 156 valence electrons. The first-order valence-electron chi connectivity index (χ1n) is 10.2. The van der Waals surface area contributed by atoms with Gasteiger partial charge in [-0.25, -0.2) is 8.70 Å². The molecule has 1 aromatic carbocycles. The van der Waals surface area contributed by atoms with Crippen molar-refractivity contribution >= 4 is 21.8 Å². The predicted octanol–water partition coefficient (Wildman–Crippen LogP) is 3.12. The number of halogens is 1. The van der Waals surface area contributed by atoms with Gasteiger partial charge in [0.1, 0.15) is 11.5 Å². The summed E-state index contributed by atoms with van der Waals surface area (Å²) < 4.78 is 43.3. The number of likely N-dealkylation sites (tertiary alicyclic amines) is 1. The number of likely N-dealkylation sites (N-methyl/N-ethyl adjacent to an activating group) is 1. The molecule has 2 heterocycles.